The molecule has 0 saturated carbocycles. The lowest BCUT2D eigenvalue weighted by molar-refractivity contribution is 0.174. The van der Waals surface area contributed by atoms with Crippen LogP contribution < -0.4 is 15.4 Å². The minimum absolute atomic E-state index is 0.0487. The highest BCUT2D eigenvalue weighted by Gasteiger charge is 2.27. The Hall–Kier alpha value is -3.85. The van der Waals surface area contributed by atoms with Gasteiger partial charge in [0.25, 0.3) is 10.0 Å². The van der Waals surface area contributed by atoms with Crippen molar-refractivity contribution in [2.45, 2.75) is 56.4 Å². The number of aliphatic hydroxyl groups is 1. The summed E-state index contributed by atoms with van der Waals surface area (Å²) in [6.07, 6.45) is 8.75. The lowest BCUT2D eigenvalue weighted by Crippen LogP contribution is -2.36. The summed E-state index contributed by atoms with van der Waals surface area (Å²) in [5, 5.41) is 16.4. The van der Waals surface area contributed by atoms with Crippen LogP contribution in [0.2, 0.25) is 0 Å². The van der Waals surface area contributed by atoms with Crippen LogP contribution in [0.5, 0.6) is 0 Å². The van der Waals surface area contributed by atoms with E-state index in [1.165, 1.54) is 18.6 Å². The molecular weight excluding hydrogens is 615 g/mol. The number of likely N-dealkylation sites (N-methyl/N-ethyl adjacent to an activating group) is 1. The Bertz CT molecular complexity index is 1660. The third kappa shape index (κ3) is 10.3. The molecule has 0 bridgehead atoms. The molecule has 2 heterocycles. The molecule has 0 aliphatic carbocycles. The van der Waals surface area contributed by atoms with Crippen molar-refractivity contribution in [2.24, 2.45) is 8.80 Å². The largest absolute Gasteiger partial charge is 0.387 e. The summed E-state index contributed by atoms with van der Waals surface area (Å²) >= 11 is 0. The van der Waals surface area contributed by atoms with Crippen LogP contribution in [0.25, 0.3) is 0 Å². The van der Waals surface area contributed by atoms with Gasteiger partial charge in [-0.25, -0.2) is 8.42 Å². The third-order valence-corrected chi connectivity index (χ3v) is 9.42. The Morgan fingerprint density at radius 2 is 1.64 bits per heavy atom. The van der Waals surface area contributed by atoms with E-state index >= 15 is 0 Å². The minimum Gasteiger partial charge on any atom is -0.387 e. The minimum atomic E-state index is -3.99. The van der Waals surface area contributed by atoms with Crippen LogP contribution in [-0.4, -0.2) is 70.2 Å². The van der Waals surface area contributed by atoms with Crippen LogP contribution in [0.1, 0.15) is 56.3 Å². The quantitative estimate of drug-likeness (QED) is 0.166. The second-order valence-corrected chi connectivity index (χ2v) is 13.8. The SMILES string of the molecule is CCCCCCCN(C)C1=NS(=O)(=O)N=C1Nc1ccc(S(=O)(=O)Nc2ccc(CCNCC(O)c3cccnc3)cc2)cc1. The summed E-state index contributed by atoms with van der Waals surface area (Å²) in [6.45, 7) is 3.83. The fraction of sp³-hybridized carbons (Fsp3) is 0.387. The Kier molecular flexibility index (Phi) is 12.0. The summed E-state index contributed by atoms with van der Waals surface area (Å²) in [7, 11) is -6.08. The molecule has 0 radical (unpaired) electrons. The predicted molar refractivity (Wildman–Crippen MR) is 178 cm³/mol. The molecule has 0 spiro atoms. The first kappa shape index (κ1) is 34.0. The molecule has 0 saturated heterocycles. The first-order chi connectivity index (χ1) is 21.6. The van der Waals surface area contributed by atoms with E-state index in [-0.39, 0.29) is 16.6 Å². The van der Waals surface area contributed by atoms with Crippen LogP contribution >= 0.6 is 0 Å². The van der Waals surface area contributed by atoms with Crippen LogP contribution in [-0.2, 0) is 26.7 Å². The molecule has 1 unspecified atom stereocenters. The molecular formula is C31H41N7O5S2. The van der Waals surface area contributed by atoms with Crippen LogP contribution in [0.3, 0.4) is 0 Å². The van der Waals surface area contributed by atoms with Gasteiger partial charge in [0.15, 0.2) is 11.7 Å². The number of nitrogens with zero attached hydrogens (tertiary/aromatic N) is 4. The van der Waals surface area contributed by atoms with Gasteiger partial charge in [0.05, 0.1) is 11.0 Å². The van der Waals surface area contributed by atoms with Crippen molar-refractivity contribution in [1.82, 2.24) is 15.2 Å². The van der Waals surface area contributed by atoms with E-state index in [1.807, 2.05) is 18.2 Å². The molecule has 1 atom stereocenters. The predicted octanol–water partition coefficient (Wildman–Crippen LogP) is 4.12. The number of unbranched alkanes of at least 4 members (excludes halogenated alkanes) is 4. The monoisotopic (exact) mass is 655 g/mol. The van der Waals surface area contributed by atoms with Crippen molar-refractivity contribution in [2.75, 3.05) is 36.7 Å². The van der Waals surface area contributed by atoms with E-state index in [2.05, 4.69) is 36.1 Å². The zero-order chi connectivity index (χ0) is 32.3. The standard InChI is InChI=1S/C31H41N7O5S2/c1-3-4-5-6-7-21-38(2)31-30(36-45(42,43)37-31)34-26-14-16-28(17-15-26)44(40,41)35-27-12-10-24(11-13-27)18-20-33-23-29(39)25-9-8-19-32-22-25/h8-17,19,22,29,33,35,39H,3-7,18,20-21,23H2,1-2H3,(H,34,36). The molecule has 4 rings (SSSR count). The van der Waals surface area contributed by atoms with Gasteiger partial charge in [0.1, 0.15) is 0 Å². The maximum Gasteiger partial charge on any atom is 0.367 e. The maximum absolute atomic E-state index is 13.0. The van der Waals surface area contributed by atoms with Crippen LogP contribution in [0.15, 0.2) is 86.7 Å². The van der Waals surface area contributed by atoms with Gasteiger partial charge < -0.3 is 20.6 Å². The van der Waals surface area contributed by atoms with Crippen molar-refractivity contribution in [1.29, 1.82) is 0 Å². The number of sulfonamides is 1. The van der Waals surface area contributed by atoms with Crippen LogP contribution in [0.4, 0.5) is 11.4 Å². The number of aliphatic hydroxyl groups excluding tert-OH is 1. The van der Waals surface area contributed by atoms with Gasteiger partial charge in [-0.1, -0.05) is 50.8 Å². The number of pyridine rings is 1. The lowest BCUT2D eigenvalue weighted by atomic mass is 10.1. The second-order valence-electron chi connectivity index (χ2n) is 10.8. The lowest BCUT2D eigenvalue weighted by Gasteiger charge is -2.20. The van der Waals surface area contributed by atoms with Crippen molar-refractivity contribution in [3.8, 4) is 0 Å². The van der Waals surface area contributed by atoms with E-state index in [0.29, 0.717) is 37.4 Å². The molecule has 12 nitrogen and oxygen atoms in total. The number of benzene rings is 2. The average molecular weight is 656 g/mol. The average Bonchev–Trinajstić information content (AvgIpc) is 3.34. The van der Waals surface area contributed by atoms with Gasteiger partial charge in [-0.3, -0.25) is 9.71 Å². The van der Waals surface area contributed by atoms with E-state index in [1.54, 1.807) is 54.7 Å². The number of nitrogens with one attached hydrogen (secondary N) is 3. The maximum atomic E-state index is 13.0. The molecule has 0 amide bonds. The zero-order valence-corrected chi connectivity index (χ0v) is 27.2. The topological polar surface area (TPSA) is 165 Å². The van der Waals surface area contributed by atoms with Crippen molar-refractivity contribution < 1.29 is 21.9 Å². The van der Waals surface area contributed by atoms with Gasteiger partial charge in [0.2, 0.25) is 0 Å². The number of rotatable bonds is 16. The Balaban J connectivity index is 1.28. The molecule has 14 heteroatoms. The Morgan fingerprint density at radius 3 is 2.33 bits per heavy atom. The highest BCUT2D eigenvalue weighted by molar-refractivity contribution is 7.92. The molecule has 3 aromatic rings. The molecule has 45 heavy (non-hydrogen) atoms. The molecule has 2 aromatic carbocycles. The number of amidine groups is 2. The fourth-order valence-electron chi connectivity index (χ4n) is 4.69. The highest BCUT2D eigenvalue weighted by Crippen LogP contribution is 2.21. The van der Waals surface area contributed by atoms with Crippen molar-refractivity contribution >= 4 is 43.3 Å². The molecule has 0 fully saturated rings. The summed E-state index contributed by atoms with van der Waals surface area (Å²) in [6, 6.07) is 16.7. The first-order valence-electron chi connectivity index (χ1n) is 15.0. The Labute approximate surface area is 266 Å². The number of aromatic nitrogens is 1. The van der Waals surface area contributed by atoms with Gasteiger partial charge in [-0.15, -0.1) is 8.80 Å². The normalized spacial score (nSPS) is 14.8. The van der Waals surface area contributed by atoms with E-state index in [9.17, 15) is 21.9 Å². The fourth-order valence-corrected chi connectivity index (χ4v) is 6.59. The van der Waals surface area contributed by atoms with E-state index < -0.39 is 26.3 Å². The van der Waals surface area contributed by atoms with E-state index in [4.69, 9.17) is 0 Å². The molecule has 4 N–H and O–H groups in total. The van der Waals surface area contributed by atoms with E-state index in [0.717, 1.165) is 36.8 Å². The molecule has 1 aromatic heterocycles. The number of hydrogen-bond donors (Lipinski definition) is 4. The zero-order valence-electron chi connectivity index (χ0n) is 25.6. The number of hydrogen-bond acceptors (Lipinski definition) is 9. The van der Waals surface area contributed by atoms with Gasteiger partial charge in [0, 0.05) is 49.5 Å². The highest BCUT2D eigenvalue weighted by atomic mass is 32.2. The van der Waals surface area contributed by atoms with Crippen LogP contribution in [0, 0.1) is 0 Å². The molecule has 1 aliphatic heterocycles. The van der Waals surface area contributed by atoms with Gasteiger partial charge in [-0.05, 0) is 67.4 Å². The number of anilines is 2. The molecule has 242 valence electrons. The summed E-state index contributed by atoms with van der Waals surface area (Å²) in [4.78, 5) is 5.83. The second kappa shape index (κ2) is 15.9. The van der Waals surface area contributed by atoms with Gasteiger partial charge in [-0.2, -0.15) is 8.42 Å². The van der Waals surface area contributed by atoms with Crippen molar-refractivity contribution in [3.63, 3.8) is 0 Å². The third-order valence-electron chi connectivity index (χ3n) is 7.21. The van der Waals surface area contributed by atoms with Crippen molar-refractivity contribution in [3.05, 3.63) is 84.2 Å². The molecule has 1 aliphatic rings. The smallest absolute Gasteiger partial charge is 0.367 e. The summed E-state index contributed by atoms with van der Waals surface area (Å²) < 4.78 is 60.4. The Morgan fingerprint density at radius 1 is 0.933 bits per heavy atom. The summed E-state index contributed by atoms with van der Waals surface area (Å²) in [5.41, 5.74) is 2.66. The van der Waals surface area contributed by atoms with Gasteiger partial charge >= 0.3 is 10.2 Å². The summed E-state index contributed by atoms with van der Waals surface area (Å²) in [5.74, 6) is 0.324. The first-order valence-corrected chi connectivity index (χ1v) is 17.9.